The van der Waals surface area contributed by atoms with Crippen molar-refractivity contribution >= 4 is 46.5 Å². The van der Waals surface area contributed by atoms with Gasteiger partial charge in [-0.25, -0.2) is 0 Å². The molecule has 0 aromatic rings. The fourth-order valence-corrected chi connectivity index (χ4v) is 0.577. The van der Waals surface area contributed by atoms with Gasteiger partial charge in [-0.05, 0) is 24.4 Å². The Morgan fingerprint density at radius 2 is 0.840 bits per heavy atom. The van der Waals surface area contributed by atoms with Crippen LogP contribution in [0.25, 0.3) is 0 Å². The van der Waals surface area contributed by atoms with E-state index in [1.807, 2.05) is 13.8 Å². The molecule has 6 nitrogen and oxygen atoms in total. The van der Waals surface area contributed by atoms with Gasteiger partial charge in [0.1, 0.15) is 0 Å². The van der Waals surface area contributed by atoms with Crippen molar-refractivity contribution in [3.05, 3.63) is 0 Å². The largest absolute Gasteiger partial charge is 0.490 e. The molecule has 0 aromatic heterocycles. The zero-order chi connectivity index (χ0) is 20.0. The molecule has 0 fully saturated rings. The summed E-state index contributed by atoms with van der Waals surface area (Å²) in [5, 5.41) is 1.35. The Bertz CT molecular complexity index is 245. The Balaban J connectivity index is -0.0000000702. The molecule has 0 unspecified atom stereocenters. The molecular weight excluding hydrogens is 364 g/mol. The molecule has 0 amide bonds. The SMILES string of the molecule is C.CCC(=O)OC.CCC(=O)OC.CCC(=S)OC.CCC(=S)OC. The molecule has 0 bridgehead atoms. The lowest BCUT2D eigenvalue weighted by Gasteiger charge is -1.91. The van der Waals surface area contributed by atoms with E-state index in [0.29, 0.717) is 22.9 Å². The van der Waals surface area contributed by atoms with Gasteiger partial charge in [-0.3, -0.25) is 9.59 Å². The summed E-state index contributed by atoms with van der Waals surface area (Å²) < 4.78 is 17.8. The average molecular weight is 401 g/mol. The van der Waals surface area contributed by atoms with E-state index in [0.717, 1.165) is 12.8 Å². The van der Waals surface area contributed by atoms with Crippen LogP contribution in [0.3, 0.4) is 0 Å². The molecule has 0 aliphatic rings. The molecule has 152 valence electrons. The topological polar surface area (TPSA) is 71.1 Å². The van der Waals surface area contributed by atoms with Crippen LogP contribution in [0.1, 0.15) is 60.8 Å². The number of esters is 2. The molecular formula is C17H36O6S2. The maximum Gasteiger partial charge on any atom is 0.305 e. The average Bonchev–Trinajstić information content (AvgIpc) is 2.66. The van der Waals surface area contributed by atoms with Gasteiger partial charge in [0.15, 0.2) is 10.1 Å². The molecule has 0 rings (SSSR count). The molecule has 0 aliphatic carbocycles. The van der Waals surface area contributed by atoms with Crippen LogP contribution in [0.4, 0.5) is 0 Å². The number of thiocarbonyl (C=S) groups is 2. The van der Waals surface area contributed by atoms with Crippen LogP contribution in [0.2, 0.25) is 0 Å². The molecule has 0 saturated heterocycles. The van der Waals surface area contributed by atoms with Crippen LogP contribution in [-0.2, 0) is 28.5 Å². The van der Waals surface area contributed by atoms with Crippen molar-refractivity contribution in [2.75, 3.05) is 28.4 Å². The van der Waals surface area contributed by atoms with E-state index in [9.17, 15) is 9.59 Å². The van der Waals surface area contributed by atoms with E-state index < -0.39 is 0 Å². The molecule has 0 aromatic carbocycles. The fourth-order valence-electron chi connectivity index (χ4n) is 0.577. The van der Waals surface area contributed by atoms with Crippen molar-refractivity contribution in [3.8, 4) is 0 Å². The smallest absolute Gasteiger partial charge is 0.305 e. The quantitative estimate of drug-likeness (QED) is 0.504. The summed E-state index contributed by atoms with van der Waals surface area (Å²) in [7, 11) is 5.94. The number of carbonyl (C=O) groups is 2. The highest BCUT2D eigenvalue weighted by molar-refractivity contribution is 7.80. The van der Waals surface area contributed by atoms with Crippen molar-refractivity contribution in [1.29, 1.82) is 0 Å². The summed E-state index contributed by atoms with van der Waals surface area (Å²) in [5.74, 6) is -0.315. The monoisotopic (exact) mass is 400 g/mol. The minimum Gasteiger partial charge on any atom is -0.490 e. The van der Waals surface area contributed by atoms with Gasteiger partial charge in [0.25, 0.3) is 0 Å². The highest BCUT2D eigenvalue weighted by Gasteiger charge is 1.88. The molecule has 0 aliphatic heterocycles. The number of rotatable bonds is 4. The maximum absolute atomic E-state index is 9.96. The first-order valence-electron chi connectivity index (χ1n) is 7.51. The lowest BCUT2D eigenvalue weighted by Crippen LogP contribution is -1.94. The summed E-state index contributed by atoms with van der Waals surface area (Å²) in [6.07, 6.45) is 2.62. The highest BCUT2D eigenvalue weighted by atomic mass is 32.1. The van der Waals surface area contributed by atoms with E-state index in [2.05, 4.69) is 43.4 Å². The van der Waals surface area contributed by atoms with Gasteiger partial charge in [-0.1, -0.05) is 35.1 Å². The van der Waals surface area contributed by atoms with E-state index >= 15 is 0 Å². The summed E-state index contributed by atoms with van der Waals surface area (Å²) in [6, 6.07) is 0. The second-order valence-electron chi connectivity index (χ2n) is 3.72. The first-order chi connectivity index (χ1) is 11.2. The fraction of sp³-hybridized carbons (Fsp3) is 0.765. The van der Waals surface area contributed by atoms with Crippen LogP contribution >= 0.6 is 24.4 Å². The number of hydrogen-bond acceptors (Lipinski definition) is 8. The molecule has 0 heterocycles. The Morgan fingerprint density at radius 3 is 0.840 bits per heavy atom. The third-order valence-electron chi connectivity index (χ3n) is 2.07. The first kappa shape index (κ1) is 34.9. The van der Waals surface area contributed by atoms with Gasteiger partial charge < -0.3 is 18.9 Å². The molecule has 0 atom stereocenters. The van der Waals surface area contributed by atoms with Crippen molar-refractivity contribution < 1.29 is 28.5 Å². The number of carbonyl (C=O) groups excluding carboxylic acids is 2. The zero-order valence-corrected chi connectivity index (χ0v) is 17.7. The van der Waals surface area contributed by atoms with Gasteiger partial charge in [-0.15, -0.1) is 0 Å². The number of methoxy groups -OCH3 is 4. The molecule has 0 radical (unpaired) electrons. The van der Waals surface area contributed by atoms with Gasteiger partial charge >= 0.3 is 11.9 Å². The minimum atomic E-state index is -0.157. The van der Waals surface area contributed by atoms with Gasteiger partial charge in [0.05, 0.1) is 28.4 Å². The van der Waals surface area contributed by atoms with E-state index in [-0.39, 0.29) is 19.4 Å². The van der Waals surface area contributed by atoms with Crippen LogP contribution in [-0.4, -0.2) is 50.5 Å². The molecule has 25 heavy (non-hydrogen) atoms. The first-order valence-corrected chi connectivity index (χ1v) is 8.33. The second-order valence-corrected chi connectivity index (χ2v) is 4.63. The van der Waals surface area contributed by atoms with Crippen LogP contribution in [0.5, 0.6) is 0 Å². The van der Waals surface area contributed by atoms with E-state index in [4.69, 9.17) is 0 Å². The minimum absolute atomic E-state index is 0. The van der Waals surface area contributed by atoms with E-state index in [1.54, 1.807) is 28.1 Å². The Morgan fingerprint density at radius 1 is 0.600 bits per heavy atom. The number of ether oxygens (including phenoxy) is 4. The summed E-state index contributed by atoms with van der Waals surface area (Å²) in [4.78, 5) is 19.9. The van der Waals surface area contributed by atoms with E-state index in [1.165, 1.54) is 14.2 Å². The third-order valence-corrected chi connectivity index (χ3v) is 2.98. The normalized spacial score (nSPS) is 7.36. The summed E-state index contributed by atoms with van der Waals surface area (Å²) in [6.45, 7) is 7.44. The number of hydrogen-bond donors (Lipinski definition) is 0. The molecule has 0 spiro atoms. The van der Waals surface area contributed by atoms with Gasteiger partial charge in [0.2, 0.25) is 0 Å². The molecule has 0 saturated carbocycles. The van der Waals surface area contributed by atoms with Crippen LogP contribution in [0.15, 0.2) is 0 Å². The van der Waals surface area contributed by atoms with Gasteiger partial charge in [0, 0.05) is 25.7 Å². The Hall–Kier alpha value is -1.28. The van der Waals surface area contributed by atoms with Crippen molar-refractivity contribution in [2.24, 2.45) is 0 Å². The lowest BCUT2D eigenvalue weighted by molar-refractivity contribution is -0.141. The molecule has 0 N–H and O–H groups in total. The predicted octanol–water partition coefficient (Wildman–Crippen LogP) is 4.52. The van der Waals surface area contributed by atoms with Crippen LogP contribution in [0, 0.1) is 0 Å². The maximum atomic E-state index is 9.96. The van der Waals surface area contributed by atoms with Gasteiger partial charge in [-0.2, -0.15) is 0 Å². The van der Waals surface area contributed by atoms with Crippen molar-refractivity contribution in [1.82, 2.24) is 0 Å². The van der Waals surface area contributed by atoms with Crippen LogP contribution < -0.4 is 0 Å². The zero-order valence-electron chi connectivity index (χ0n) is 16.1. The predicted molar refractivity (Wildman–Crippen MR) is 111 cm³/mol. The van der Waals surface area contributed by atoms with Crippen molar-refractivity contribution in [3.63, 3.8) is 0 Å². The third kappa shape index (κ3) is 45.0. The molecule has 8 heteroatoms. The second kappa shape index (κ2) is 30.6. The van der Waals surface area contributed by atoms with Crippen molar-refractivity contribution in [2.45, 2.75) is 60.8 Å². The lowest BCUT2D eigenvalue weighted by atomic mass is 10.5. The Labute approximate surface area is 164 Å². The summed E-state index contributed by atoms with van der Waals surface area (Å²) in [5.41, 5.74) is 0. The Kier molecular flexibility index (Phi) is 42.7. The summed E-state index contributed by atoms with van der Waals surface area (Å²) >= 11 is 9.27. The highest BCUT2D eigenvalue weighted by Crippen LogP contribution is 1.82. The standard InChI is InChI=1S/2C4H8O2.2C4H8OS.CH4/c2*1-3-4(5)6-2;2*1-3-4(6)5-2;/h4*3H2,1-2H3;1H4.